The Hall–Kier alpha value is -0.120. The number of ether oxygens (including phenoxy) is 1. The van der Waals surface area contributed by atoms with Crippen LogP contribution in [-0.2, 0) is 4.74 Å². The second-order valence-corrected chi connectivity index (χ2v) is 5.09. The number of nitrogens with zero attached hydrogens (tertiary/aromatic N) is 1. The highest BCUT2D eigenvalue weighted by Crippen LogP contribution is 2.26. The molecular formula is C12H24N2O. The normalized spacial score (nSPS) is 34.8. The van der Waals surface area contributed by atoms with Gasteiger partial charge in [0, 0.05) is 32.8 Å². The summed E-state index contributed by atoms with van der Waals surface area (Å²) in [6.45, 7) is 3.61. The third-order valence-electron chi connectivity index (χ3n) is 4.08. The van der Waals surface area contributed by atoms with Crippen LogP contribution in [0.4, 0.5) is 0 Å². The standard InChI is InChI=1S/C12H24N2O/c1-15-11-5-7-14(8-6-11)9-10-3-2-4-12(10)13/h10-12H,2-9,13H2,1H3. The van der Waals surface area contributed by atoms with Gasteiger partial charge < -0.3 is 15.4 Å². The van der Waals surface area contributed by atoms with Crippen molar-refractivity contribution in [2.45, 2.75) is 44.2 Å². The SMILES string of the molecule is COC1CCN(CC2CCCC2N)CC1. The van der Waals surface area contributed by atoms with Crippen LogP contribution in [-0.4, -0.2) is 43.8 Å². The minimum Gasteiger partial charge on any atom is -0.381 e. The zero-order valence-electron chi connectivity index (χ0n) is 9.82. The number of methoxy groups -OCH3 is 1. The lowest BCUT2D eigenvalue weighted by atomic mass is 10.0. The molecule has 1 saturated carbocycles. The third-order valence-corrected chi connectivity index (χ3v) is 4.08. The molecule has 0 spiro atoms. The number of rotatable bonds is 3. The summed E-state index contributed by atoms with van der Waals surface area (Å²) in [5.41, 5.74) is 6.10. The van der Waals surface area contributed by atoms with E-state index in [0.29, 0.717) is 12.1 Å². The van der Waals surface area contributed by atoms with E-state index in [2.05, 4.69) is 4.90 Å². The third kappa shape index (κ3) is 2.92. The number of nitrogens with two attached hydrogens (primary N) is 1. The molecule has 2 atom stereocenters. The fraction of sp³-hybridized carbons (Fsp3) is 1.00. The van der Waals surface area contributed by atoms with Gasteiger partial charge in [0.25, 0.3) is 0 Å². The first-order valence-corrected chi connectivity index (χ1v) is 6.30. The Labute approximate surface area is 93.0 Å². The Morgan fingerprint density at radius 1 is 1.20 bits per heavy atom. The maximum absolute atomic E-state index is 6.10. The number of likely N-dealkylation sites (tertiary alicyclic amines) is 1. The second-order valence-electron chi connectivity index (χ2n) is 5.09. The van der Waals surface area contributed by atoms with Gasteiger partial charge in [-0.1, -0.05) is 6.42 Å². The van der Waals surface area contributed by atoms with Crippen LogP contribution >= 0.6 is 0 Å². The molecule has 1 saturated heterocycles. The first-order chi connectivity index (χ1) is 7.29. The van der Waals surface area contributed by atoms with E-state index in [4.69, 9.17) is 10.5 Å². The van der Waals surface area contributed by atoms with Crippen molar-refractivity contribution < 1.29 is 4.74 Å². The van der Waals surface area contributed by atoms with Gasteiger partial charge in [-0.3, -0.25) is 0 Å². The van der Waals surface area contributed by atoms with Crippen LogP contribution in [0.3, 0.4) is 0 Å². The zero-order chi connectivity index (χ0) is 10.7. The molecule has 0 aromatic carbocycles. The Balaban J connectivity index is 1.72. The number of hydrogen-bond acceptors (Lipinski definition) is 3. The molecule has 0 bridgehead atoms. The molecule has 1 aliphatic carbocycles. The molecule has 88 valence electrons. The summed E-state index contributed by atoms with van der Waals surface area (Å²) in [7, 11) is 1.83. The van der Waals surface area contributed by atoms with Crippen molar-refractivity contribution in [1.82, 2.24) is 4.90 Å². The van der Waals surface area contributed by atoms with Gasteiger partial charge >= 0.3 is 0 Å². The van der Waals surface area contributed by atoms with E-state index in [0.717, 1.165) is 5.92 Å². The van der Waals surface area contributed by atoms with E-state index >= 15 is 0 Å². The first kappa shape index (κ1) is 11.4. The molecule has 2 fully saturated rings. The minimum absolute atomic E-state index is 0.463. The minimum atomic E-state index is 0.463. The predicted octanol–water partition coefficient (Wildman–Crippen LogP) is 1.22. The van der Waals surface area contributed by atoms with Gasteiger partial charge in [-0.25, -0.2) is 0 Å². The summed E-state index contributed by atoms with van der Waals surface area (Å²) in [5.74, 6) is 0.754. The summed E-state index contributed by atoms with van der Waals surface area (Å²) in [4.78, 5) is 2.57. The second kappa shape index (κ2) is 5.28. The van der Waals surface area contributed by atoms with Crippen LogP contribution in [0.5, 0.6) is 0 Å². The average Bonchev–Trinajstić information content (AvgIpc) is 2.66. The van der Waals surface area contributed by atoms with Crippen molar-refractivity contribution in [3.63, 3.8) is 0 Å². The van der Waals surface area contributed by atoms with Crippen molar-refractivity contribution in [3.8, 4) is 0 Å². The summed E-state index contributed by atoms with van der Waals surface area (Å²) in [6, 6.07) is 0.463. The molecule has 1 heterocycles. The first-order valence-electron chi connectivity index (χ1n) is 6.30. The zero-order valence-corrected chi connectivity index (χ0v) is 9.82. The predicted molar refractivity (Wildman–Crippen MR) is 61.8 cm³/mol. The van der Waals surface area contributed by atoms with Crippen molar-refractivity contribution in [1.29, 1.82) is 0 Å². The van der Waals surface area contributed by atoms with Gasteiger partial charge in [-0.05, 0) is 31.6 Å². The molecule has 2 rings (SSSR count). The van der Waals surface area contributed by atoms with Crippen LogP contribution < -0.4 is 5.73 Å². The molecule has 3 heteroatoms. The maximum atomic E-state index is 6.10. The highest BCUT2D eigenvalue weighted by atomic mass is 16.5. The topological polar surface area (TPSA) is 38.5 Å². The molecule has 0 aromatic heterocycles. The van der Waals surface area contributed by atoms with Gasteiger partial charge in [0.2, 0.25) is 0 Å². The van der Waals surface area contributed by atoms with E-state index in [9.17, 15) is 0 Å². The van der Waals surface area contributed by atoms with Crippen LogP contribution in [0.25, 0.3) is 0 Å². The van der Waals surface area contributed by atoms with Crippen LogP contribution in [0.2, 0.25) is 0 Å². The van der Waals surface area contributed by atoms with Gasteiger partial charge in [-0.15, -0.1) is 0 Å². The van der Waals surface area contributed by atoms with E-state index in [1.165, 1.54) is 51.7 Å². The molecule has 2 unspecified atom stereocenters. The van der Waals surface area contributed by atoms with Gasteiger partial charge in [-0.2, -0.15) is 0 Å². The Morgan fingerprint density at radius 2 is 1.93 bits per heavy atom. The summed E-state index contributed by atoms with van der Waals surface area (Å²) < 4.78 is 5.38. The van der Waals surface area contributed by atoms with E-state index in [-0.39, 0.29) is 0 Å². The molecule has 3 nitrogen and oxygen atoms in total. The molecular weight excluding hydrogens is 188 g/mol. The monoisotopic (exact) mass is 212 g/mol. The largest absolute Gasteiger partial charge is 0.381 e. The van der Waals surface area contributed by atoms with Crippen LogP contribution in [0.1, 0.15) is 32.1 Å². The Morgan fingerprint density at radius 3 is 2.47 bits per heavy atom. The Kier molecular flexibility index (Phi) is 4.00. The summed E-state index contributed by atoms with van der Waals surface area (Å²) >= 11 is 0. The molecule has 2 aliphatic rings. The average molecular weight is 212 g/mol. The highest BCUT2D eigenvalue weighted by molar-refractivity contribution is 4.84. The van der Waals surface area contributed by atoms with E-state index in [1.54, 1.807) is 0 Å². The highest BCUT2D eigenvalue weighted by Gasteiger charge is 2.27. The van der Waals surface area contributed by atoms with Crippen molar-refractivity contribution in [2.75, 3.05) is 26.7 Å². The van der Waals surface area contributed by atoms with Gasteiger partial charge in [0.1, 0.15) is 0 Å². The van der Waals surface area contributed by atoms with E-state index < -0.39 is 0 Å². The number of hydrogen-bond donors (Lipinski definition) is 1. The quantitative estimate of drug-likeness (QED) is 0.764. The Bertz CT molecular complexity index is 190. The molecule has 0 aromatic rings. The molecule has 2 N–H and O–H groups in total. The van der Waals surface area contributed by atoms with Crippen LogP contribution in [0, 0.1) is 5.92 Å². The molecule has 1 aliphatic heterocycles. The number of piperidine rings is 1. The lowest BCUT2D eigenvalue weighted by Crippen LogP contribution is -2.42. The fourth-order valence-electron chi connectivity index (χ4n) is 2.95. The molecule has 0 radical (unpaired) electrons. The van der Waals surface area contributed by atoms with Gasteiger partial charge in [0.15, 0.2) is 0 Å². The van der Waals surface area contributed by atoms with Crippen LogP contribution in [0.15, 0.2) is 0 Å². The maximum Gasteiger partial charge on any atom is 0.0595 e. The van der Waals surface area contributed by atoms with Crippen molar-refractivity contribution in [3.05, 3.63) is 0 Å². The molecule has 15 heavy (non-hydrogen) atoms. The summed E-state index contributed by atoms with van der Waals surface area (Å²) in [6.07, 6.45) is 6.79. The lowest BCUT2D eigenvalue weighted by Gasteiger charge is -2.33. The van der Waals surface area contributed by atoms with Gasteiger partial charge in [0.05, 0.1) is 6.10 Å². The molecule has 0 amide bonds. The van der Waals surface area contributed by atoms with Crippen molar-refractivity contribution >= 4 is 0 Å². The lowest BCUT2D eigenvalue weighted by molar-refractivity contribution is 0.0362. The van der Waals surface area contributed by atoms with E-state index in [1.807, 2.05) is 7.11 Å². The van der Waals surface area contributed by atoms with Crippen molar-refractivity contribution in [2.24, 2.45) is 11.7 Å². The fourth-order valence-corrected chi connectivity index (χ4v) is 2.95. The summed E-state index contributed by atoms with van der Waals surface area (Å²) in [5, 5.41) is 0. The smallest absolute Gasteiger partial charge is 0.0595 e.